The monoisotopic (exact) mass is 312 g/mol. The molecule has 0 heterocycles. The molecule has 0 unspecified atom stereocenters. The number of benzene rings is 2. The predicted molar refractivity (Wildman–Crippen MR) is 95.2 cm³/mol. The third kappa shape index (κ3) is 4.21. The van der Waals surface area contributed by atoms with Gasteiger partial charge in [-0.2, -0.15) is 0 Å². The first-order valence-corrected chi connectivity index (χ1v) is 8.26. The van der Waals surface area contributed by atoms with E-state index in [-0.39, 0.29) is 0 Å². The lowest BCUT2D eigenvalue weighted by Crippen LogP contribution is -2.30. The van der Waals surface area contributed by atoms with Gasteiger partial charge in [0.2, 0.25) is 0 Å². The SMILES string of the molecule is CC(C)c1ccccc1C(C)(C)OOC(C)(C)c1ccccc1. The molecule has 0 N–H and O–H groups in total. The van der Waals surface area contributed by atoms with Crippen LogP contribution in [0, 0.1) is 0 Å². The van der Waals surface area contributed by atoms with Crippen molar-refractivity contribution in [2.24, 2.45) is 0 Å². The van der Waals surface area contributed by atoms with Gasteiger partial charge in [-0.1, -0.05) is 68.4 Å². The summed E-state index contributed by atoms with van der Waals surface area (Å²) in [5, 5.41) is 0. The van der Waals surface area contributed by atoms with Crippen molar-refractivity contribution in [2.45, 2.75) is 58.7 Å². The van der Waals surface area contributed by atoms with Gasteiger partial charge in [0.15, 0.2) is 0 Å². The van der Waals surface area contributed by atoms with Crippen molar-refractivity contribution in [3.8, 4) is 0 Å². The van der Waals surface area contributed by atoms with Crippen LogP contribution in [0.15, 0.2) is 54.6 Å². The molecule has 2 heteroatoms. The summed E-state index contributed by atoms with van der Waals surface area (Å²) in [6.07, 6.45) is 0. The second-order valence-corrected chi connectivity index (χ2v) is 7.30. The highest BCUT2D eigenvalue weighted by atomic mass is 17.2. The number of rotatable bonds is 6. The van der Waals surface area contributed by atoms with Gasteiger partial charge in [-0.05, 0) is 50.3 Å². The molecule has 0 aliphatic rings. The van der Waals surface area contributed by atoms with Crippen molar-refractivity contribution in [3.63, 3.8) is 0 Å². The largest absolute Gasteiger partial charge is 0.225 e. The average molecular weight is 312 g/mol. The van der Waals surface area contributed by atoms with Crippen LogP contribution >= 0.6 is 0 Å². The summed E-state index contributed by atoms with van der Waals surface area (Å²) in [5.74, 6) is 0.441. The second kappa shape index (κ2) is 6.86. The van der Waals surface area contributed by atoms with E-state index in [1.165, 1.54) is 11.1 Å². The van der Waals surface area contributed by atoms with Crippen LogP contribution in [-0.2, 0) is 21.0 Å². The Morgan fingerprint density at radius 3 is 1.83 bits per heavy atom. The molecule has 0 saturated carbocycles. The molecule has 2 rings (SSSR count). The fraction of sp³-hybridized carbons (Fsp3) is 0.429. The van der Waals surface area contributed by atoms with Gasteiger partial charge in [-0.3, -0.25) is 0 Å². The fourth-order valence-corrected chi connectivity index (χ4v) is 2.69. The maximum atomic E-state index is 5.93. The maximum absolute atomic E-state index is 5.93. The Morgan fingerprint density at radius 2 is 1.22 bits per heavy atom. The van der Waals surface area contributed by atoms with Crippen molar-refractivity contribution in [1.29, 1.82) is 0 Å². The molecule has 0 amide bonds. The highest BCUT2D eigenvalue weighted by Crippen LogP contribution is 2.35. The van der Waals surface area contributed by atoms with Crippen LogP contribution in [0.2, 0.25) is 0 Å². The van der Waals surface area contributed by atoms with E-state index in [0.29, 0.717) is 5.92 Å². The van der Waals surface area contributed by atoms with Crippen LogP contribution in [-0.4, -0.2) is 0 Å². The Bertz CT molecular complexity index is 627. The van der Waals surface area contributed by atoms with Gasteiger partial charge in [-0.15, -0.1) is 0 Å². The molecule has 0 saturated heterocycles. The topological polar surface area (TPSA) is 18.5 Å². The van der Waals surface area contributed by atoms with Gasteiger partial charge in [-0.25, -0.2) is 9.78 Å². The molecule has 0 bridgehead atoms. The van der Waals surface area contributed by atoms with E-state index in [4.69, 9.17) is 9.78 Å². The van der Waals surface area contributed by atoms with Crippen molar-refractivity contribution >= 4 is 0 Å². The van der Waals surface area contributed by atoms with Crippen molar-refractivity contribution < 1.29 is 9.78 Å². The molecule has 2 aromatic carbocycles. The van der Waals surface area contributed by atoms with Gasteiger partial charge in [0.25, 0.3) is 0 Å². The normalized spacial score (nSPS) is 12.7. The van der Waals surface area contributed by atoms with E-state index in [9.17, 15) is 0 Å². The van der Waals surface area contributed by atoms with Gasteiger partial charge < -0.3 is 0 Å². The Hall–Kier alpha value is -1.64. The molecule has 0 aliphatic heterocycles. The van der Waals surface area contributed by atoms with Crippen molar-refractivity contribution in [2.75, 3.05) is 0 Å². The number of hydrogen-bond acceptors (Lipinski definition) is 2. The van der Waals surface area contributed by atoms with Crippen molar-refractivity contribution in [3.05, 3.63) is 71.3 Å². The Morgan fingerprint density at radius 1 is 0.696 bits per heavy atom. The van der Waals surface area contributed by atoms with E-state index in [1.54, 1.807) is 0 Å². The molecule has 0 radical (unpaired) electrons. The first kappa shape index (κ1) is 17.7. The summed E-state index contributed by atoms with van der Waals surface area (Å²) < 4.78 is 0. The zero-order valence-corrected chi connectivity index (χ0v) is 15.1. The minimum atomic E-state index is -0.521. The minimum Gasteiger partial charge on any atom is -0.225 e. The highest BCUT2D eigenvalue weighted by molar-refractivity contribution is 5.33. The van der Waals surface area contributed by atoms with E-state index >= 15 is 0 Å². The maximum Gasteiger partial charge on any atom is 0.123 e. The molecule has 124 valence electrons. The summed E-state index contributed by atoms with van der Waals surface area (Å²) in [7, 11) is 0. The lowest BCUT2D eigenvalue weighted by atomic mass is 9.88. The molecule has 0 aromatic heterocycles. The Balaban J connectivity index is 2.19. The predicted octanol–water partition coefficient (Wildman–Crippen LogP) is 5.93. The summed E-state index contributed by atoms with van der Waals surface area (Å²) in [5.41, 5.74) is 2.52. The zero-order chi connectivity index (χ0) is 17.1. The lowest BCUT2D eigenvalue weighted by molar-refractivity contribution is -0.410. The van der Waals surface area contributed by atoms with Gasteiger partial charge in [0.05, 0.1) is 0 Å². The van der Waals surface area contributed by atoms with E-state index in [0.717, 1.165) is 5.56 Å². The number of hydrogen-bond donors (Lipinski definition) is 0. The Kier molecular flexibility index (Phi) is 5.28. The summed E-state index contributed by atoms with van der Waals surface area (Å²) in [6.45, 7) is 12.5. The quantitative estimate of drug-likeness (QED) is 0.486. The minimum absolute atomic E-state index is 0.441. The van der Waals surface area contributed by atoms with E-state index in [2.05, 4.69) is 64.1 Å². The first-order chi connectivity index (χ1) is 10.7. The van der Waals surface area contributed by atoms with E-state index < -0.39 is 11.2 Å². The average Bonchev–Trinajstić information content (AvgIpc) is 2.54. The molecule has 0 spiro atoms. The fourth-order valence-electron chi connectivity index (χ4n) is 2.69. The molecular formula is C21H28O2. The highest BCUT2D eigenvalue weighted by Gasteiger charge is 2.31. The van der Waals surface area contributed by atoms with Crippen LogP contribution in [0.3, 0.4) is 0 Å². The molecule has 2 nitrogen and oxygen atoms in total. The summed E-state index contributed by atoms with van der Waals surface area (Å²) in [4.78, 5) is 11.8. The molecular weight excluding hydrogens is 284 g/mol. The molecule has 0 aliphatic carbocycles. The smallest absolute Gasteiger partial charge is 0.123 e. The van der Waals surface area contributed by atoms with Crippen LogP contribution in [0.25, 0.3) is 0 Å². The molecule has 0 fully saturated rings. The molecule has 0 atom stereocenters. The van der Waals surface area contributed by atoms with Crippen LogP contribution in [0.4, 0.5) is 0 Å². The third-order valence-electron chi connectivity index (χ3n) is 4.16. The summed E-state index contributed by atoms with van der Waals surface area (Å²) in [6, 6.07) is 18.5. The van der Waals surface area contributed by atoms with Gasteiger partial charge in [0, 0.05) is 0 Å². The van der Waals surface area contributed by atoms with Crippen LogP contribution in [0.1, 0.15) is 64.2 Å². The van der Waals surface area contributed by atoms with Gasteiger partial charge >= 0.3 is 0 Å². The zero-order valence-electron chi connectivity index (χ0n) is 15.1. The standard InChI is InChI=1S/C21H28O2/c1-16(2)18-14-10-11-15-19(18)21(5,6)23-22-20(3,4)17-12-8-7-9-13-17/h7-16H,1-6H3. The first-order valence-electron chi connectivity index (χ1n) is 8.26. The summed E-state index contributed by atoms with van der Waals surface area (Å²) >= 11 is 0. The van der Waals surface area contributed by atoms with Crippen LogP contribution in [0.5, 0.6) is 0 Å². The van der Waals surface area contributed by atoms with E-state index in [1.807, 2.05) is 32.0 Å². The third-order valence-corrected chi connectivity index (χ3v) is 4.16. The lowest BCUT2D eigenvalue weighted by Gasteiger charge is -2.33. The van der Waals surface area contributed by atoms with Crippen LogP contribution < -0.4 is 0 Å². The second-order valence-electron chi connectivity index (χ2n) is 7.30. The molecule has 2 aromatic rings. The van der Waals surface area contributed by atoms with Gasteiger partial charge in [0.1, 0.15) is 11.2 Å². The van der Waals surface area contributed by atoms with Crippen molar-refractivity contribution in [1.82, 2.24) is 0 Å². The Labute approximate surface area is 140 Å². The molecule has 23 heavy (non-hydrogen) atoms.